The summed E-state index contributed by atoms with van der Waals surface area (Å²) in [6, 6.07) is 6.83. The molecule has 6 nitrogen and oxygen atoms in total. The number of nitrogens with one attached hydrogen (secondary N) is 1. The van der Waals surface area contributed by atoms with E-state index in [1.165, 1.54) is 6.08 Å². The SMILES string of the molecule is C=CC(c1ccc(C)cc1)S(=O)(=O)CS(=O)(=O)OCC1CCCCN1. The Balaban J connectivity index is 2.06. The second-order valence-corrected chi connectivity index (χ2v) is 10.5. The van der Waals surface area contributed by atoms with Gasteiger partial charge in [0.2, 0.25) is 0 Å². The van der Waals surface area contributed by atoms with Crippen molar-refractivity contribution in [2.75, 3.05) is 18.2 Å². The van der Waals surface area contributed by atoms with E-state index < -0.39 is 30.3 Å². The van der Waals surface area contributed by atoms with E-state index in [0.29, 0.717) is 5.56 Å². The summed E-state index contributed by atoms with van der Waals surface area (Å²) < 4.78 is 54.3. The number of rotatable bonds is 8. The first-order valence-corrected chi connectivity index (χ1v) is 11.5. The van der Waals surface area contributed by atoms with Gasteiger partial charge in [0.05, 0.1) is 6.61 Å². The highest BCUT2D eigenvalue weighted by atomic mass is 32.3. The van der Waals surface area contributed by atoms with Gasteiger partial charge in [0, 0.05) is 6.04 Å². The molecule has 1 saturated heterocycles. The summed E-state index contributed by atoms with van der Waals surface area (Å²) >= 11 is 0. The summed E-state index contributed by atoms with van der Waals surface area (Å²) in [6.07, 6.45) is 4.12. The second-order valence-electron chi connectivity index (χ2n) is 6.34. The molecule has 140 valence electrons. The largest absolute Gasteiger partial charge is 0.312 e. The third-order valence-corrected chi connectivity index (χ3v) is 8.38. The highest BCUT2D eigenvalue weighted by Crippen LogP contribution is 2.26. The van der Waals surface area contributed by atoms with Gasteiger partial charge >= 0.3 is 0 Å². The number of sulfone groups is 1. The van der Waals surface area contributed by atoms with Crippen LogP contribution in [0.1, 0.15) is 35.6 Å². The van der Waals surface area contributed by atoms with Gasteiger partial charge in [-0.3, -0.25) is 4.18 Å². The van der Waals surface area contributed by atoms with Crippen molar-refractivity contribution in [3.8, 4) is 0 Å². The average Bonchev–Trinajstić information content (AvgIpc) is 2.55. The van der Waals surface area contributed by atoms with E-state index in [0.717, 1.165) is 31.4 Å². The Labute approximate surface area is 150 Å². The normalized spacial score (nSPS) is 20.1. The molecule has 1 aromatic carbocycles. The number of piperidine rings is 1. The van der Waals surface area contributed by atoms with Crippen LogP contribution in [0.25, 0.3) is 0 Å². The molecule has 1 fully saturated rings. The Morgan fingerprint density at radius 1 is 1.24 bits per heavy atom. The van der Waals surface area contributed by atoms with Crippen LogP contribution in [0.2, 0.25) is 0 Å². The van der Waals surface area contributed by atoms with Gasteiger partial charge in [0.1, 0.15) is 5.25 Å². The van der Waals surface area contributed by atoms with Gasteiger partial charge in [-0.1, -0.05) is 42.3 Å². The molecule has 0 radical (unpaired) electrons. The molecule has 2 rings (SSSR count). The maximum Gasteiger partial charge on any atom is 0.282 e. The minimum absolute atomic E-state index is 0.0405. The fourth-order valence-electron chi connectivity index (χ4n) is 2.81. The van der Waals surface area contributed by atoms with Gasteiger partial charge in [-0.15, -0.1) is 6.58 Å². The molecular weight excluding hydrogens is 362 g/mol. The van der Waals surface area contributed by atoms with Crippen LogP contribution in [0.3, 0.4) is 0 Å². The van der Waals surface area contributed by atoms with Crippen LogP contribution in [-0.2, 0) is 24.1 Å². The first-order valence-electron chi connectivity index (χ1n) is 8.25. The quantitative estimate of drug-likeness (QED) is 0.543. The number of hydrogen-bond donors (Lipinski definition) is 1. The summed E-state index contributed by atoms with van der Waals surface area (Å²) in [4.78, 5) is 0. The first kappa shape index (κ1) is 20.1. The lowest BCUT2D eigenvalue weighted by molar-refractivity contribution is 0.245. The molecule has 2 unspecified atom stereocenters. The Hall–Kier alpha value is -1.22. The van der Waals surface area contributed by atoms with Crippen molar-refractivity contribution in [3.63, 3.8) is 0 Å². The van der Waals surface area contributed by atoms with Gasteiger partial charge < -0.3 is 5.32 Å². The van der Waals surface area contributed by atoms with Crippen molar-refractivity contribution in [2.24, 2.45) is 0 Å². The molecule has 0 aromatic heterocycles. The van der Waals surface area contributed by atoms with E-state index in [-0.39, 0.29) is 12.6 Å². The lowest BCUT2D eigenvalue weighted by Crippen LogP contribution is -2.38. The summed E-state index contributed by atoms with van der Waals surface area (Å²) in [7, 11) is -8.19. The summed E-state index contributed by atoms with van der Waals surface area (Å²) in [5, 5.41) is 1.02. The molecule has 0 amide bonds. The molecule has 1 aliphatic heterocycles. The molecule has 1 aliphatic rings. The zero-order valence-corrected chi connectivity index (χ0v) is 16.0. The van der Waals surface area contributed by atoms with Crippen molar-refractivity contribution in [1.29, 1.82) is 0 Å². The zero-order chi connectivity index (χ0) is 18.5. The van der Waals surface area contributed by atoms with Crippen LogP contribution in [0.5, 0.6) is 0 Å². The zero-order valence-electron chi connectivity index (χ0n) is 14.3. The number of benzene rings is 1. The van der Waals surface area contributed by atoms with Crippen LogP contribution in [0.4, 0.5) is 0 Å². The second kappa shape index (κ2) is 8.44. The molecule has 2 atom stereocenters. The van der Waals surface area contributed by atoms with E-state index in [9.17, 15) is 16.8 Å². The predicted molar refractivity (Wildman–Crippen MR) is 98.4 cm³/mol. The monoisotopic (exact) mass is 387 g/mol. The van der Waals surface area contributed by atoms with Crippen molar-refractivity contribution in [1.82, 2.24) is 5.32 Å². The third kappa shape index (κ3) is 5.91. The van der Waals surface area contributed by atoms with E-state index in [1.54, 1.807) is 24.3 Å². The van der Waals surface area contributed by atoms with Crippen LogP contribution >= 0.6 is 0 Å². The van der Waals surface area contributed by atoms with Gasteiger partial charge in [-0.2, -0.15) is 8.42 Å². The third-order valence-electron chi connectivity index (χ3n) is 4.18. The summed E-state index contributed by atoms with van der Waals surface area (Å²) in [5.74, 6) is 0. The highest BCUT2D eigenvalue weighted by Gasteiger charge is 2.31. The Bertz CT molecular complexity index is 779. The van der Waals surface area contributed by atoms with Crippen LogP contribution in [0.15, 0.2) is 36.9 Å². The molecule has 25 heavy (non-hydrogen) atoms. The smallest absolute Gasteiger partial charge is 0.282 e. The molecule has 1 N–H and O–H groups in total. The summed E-state index contributed by atoms with van der Waals surface area (Å²) in [5.41, 5.74) is 1.48. The molecule has 8 heteroatoms. The predicted octanol–water partition coefficient (Wildman–Crippen LogP) is 2.08. The van der Waals surface area contributed by atoms with Gasteiger partial charge in [-0.05, 0) is 31.9 Å². The van der Waals surface area contributed by atoms with Crippen molar-refractivity contribution < 1.29 is 21.0 Å². The molecule has 0 saturated carbocycles. The Kier molecular flexibility index (Phi) is 6.79. The topological polar surface area (TPSA) is 89.5 Å². The van der Waals surface area contributed by atoms with Crippen LogP contribution in [-0.4, -0.2) is 41.1 Å². The van der Waals surface area contributed by atoms with Crippen LogP contribution in [0, 0.1) is 6.92 Å². The van der Waals surface area contributed by atoms with Gasteiger partial charge in [0.15, 0.2) is 14.9 Å². The van der Waals surface area contributed by atoms with Crippen LogP contribution < -0.4 is 5.32 Å². The molecule has 0 spiro atoms. The fraction of sp³-hybridized carbons (Fsp3) is 0.529. The Morgan fingerprint density at radius 2 is 1.92 bits per heavy atom. The first-order chi connectivity index (χ1) is 11.7. The van der Waals surface area contributed by atoms with Crippen molar-refractivity contribution in [2.45, 2.75) is 37.5 Å². The van der Waals surface area contributed by atoms with E-state index in [2.05, 4.69) is 11.9 Å². The fourth-order valence-corrected chi connectivity index (χ4v) is 6.51. The average molecular weight is 388 g/mol. The Morgan fingerprint density at radius 3 is 2.48 bits per heavy atom. The summed E-state index contributed by atoms with van der Waals surface area (Å²) in [6.45, 7) is 6.22. The standard InChI is InChI=1S/C17H25NO5S2/c1-3-17(15-9-7-14(2)8-10-15)24(19,20)13-25(21,22)23-12-16-6-4-5-11-18-16/h3,7-10,16-18H,1,4-6,11-13H2,2H3. The number of aryl methyl sites for hydroxylation is 1. The molecule has 1 aromatic rings. The molecule has 0 bridgehead atoms. The van der Waals surface area contributed by atoms with E-state index in [1.807, 2.05) is 6.92 Å². The molecule has 1 heterocycles. The number of hydrogen-bond acceptors (Lipinski definition) is 6. The van der Waals surface area contributed by atoms with E-state index in [4.69, 9.17) is 4.18 Å². The lowest BCUT2D eigenvalue weighted by atomic mass is 10.1. The minimum atomic E-state index is -4.19. The van der Waals surface area contributed by atoms with Crippen molar-refractivity contribution >= 4 is 20.0 Å². The van der Waals surface area contributed by atoms with E-state index >= 15 is 0 Å². The maximum atomic E-state index is 12.6. The van der Waals surface area contributed by atoms with Gasteiger partial charge in [-0.25, -0.2) is 8.42 Å². The van der Waals surface area contributed by atoms with Gasteiger partial charge in [0.25, 0.3) is 10.1 Å². The van der Waals surface area contributed by atoms with Crippen molar-refractivity contribution in [3.05, 3.63) is 48.0 Å². The lowest BCUT2D eigenvalue weighted by Gasteiger charge is -2.23. The maximum absolute atomic E-state index is 12.6. The highest BCUT2D eigenvalue weighted by molar-refractivity contribution is 8.06. The molecule has 0 aliphatic carbocycles. The molecular formula is C17H25NO5S2. The minimum Gasteiger partial charge on any atom is -0.312 e.